The first-order chi connectivity index (χ1) is 17.3. The molecule has 0 atom stereocenters. The lowest BCUT2D eigenvalue weighted by Gasteiger charge is -2.31. The van der Waals surface area contributed by atoms with Gasteiger partial charge in [0.05, 0.1) is 36.4 Å². The lowest BCUT2D eigenvalue weighted by atomic mass is 10.1. The van der Waals surface area contributed by atoms with Gasteiger partial charge in [-0.15, -0.1) is 0 Å². The van der Waals surface area contributed by atoms with E-state index in [1.165, 1.54) is 0 Å². The van der Waals surface area contributed by atoms with Gasteiger partial charge in [-0.3, -0.25) is 15.0 Å². The normalized spacial score (nSPS) is 15.6. The Hall–Kier alpha value is -4.08. The summed E-state index contributed by atoms with van der Waals surface area (Å²) in [6.45, 7) is 3.09. The summed E-state index contributed by atoms with van der Waals surface area (Å²) in [4.78, 5) is 41.9. The van der Waals surface area contributed by atoms with Gasteiger partial charge < -0.3 is 15.1 Å². The number of nitriles is 1. The molecular formula is C24H23N7O4S. The van der Waals surface area contributed by atoms with Gasteiger partial charge in [0.1, 0.15) is 16.5 Å². The van der Waals surface area contributed by atoms with Gasteiger partial charge in [0.25, 0.3) is 0 Å². The molecule has 3 N–H and O–H groups in total. The van der Waals surface area contributed by atoms with Crippen LogP contribution in [0.1, 0.15) is 44.9 Å². The molecule has 1 amide bonds. The van der Waals surface area contributed by atoms with Gasteiger partial charge in [0, 0.05) is 18.7 Å². The minimum Gasteiger partial charge on any atom is -0.477 e. The second-order valence-corrected chi connectivity index (χ2v) is 9.72. The number of nitrogens with zero attached hydrogens (tertiary/aromatic N) is 6. The number of benzene rings is 1. The SMILES string of the molecule is Cc1nc(Nc2nc(N3CCC(O)CC3)c3c(n2)N(Cc2ccc(C#N)cc2)C(=O)C3)sc1C(=O)O. The highest BCUT2D eigenvalue weighted by Crippen LogP contribution is 2.37. The number of carboxylic acid groups (broad SMARTS) is 1. The fourth-order valence-corrected chi connectivity index (χ4v) is 5.18. The summed E-state index contributed by atoms with van der Waals surface area (Å²) in [5.41, 5.74) is 2.50. The molecule has 0 unspecified atom stereocenters. The Kier molecular flexibility index (Phi) is 6.26. The van der Waals surface area contributed by atoms with Gasteiger partial charge in [0.2, 0.25) is 11.9 Å². The van der Waals surface area contributed by atoms with Crippen LogP contribution in [-0.4, -0.2) is 56.2 Å². The summed E-state index contributed by atoms with van der Waals surface area (Å²) in [6, 6.07) is 9.12. The maximum atomic E-state index is 13.1. The molecule has 1 saturated heterocycles. The van der Waals surface area contributed by atoms with Crippen molar-refractivity contribution in [3.05, 3.63) is 51.5 Å². The predicted molar refractivity (Wildman–Crippen MR) is 133 cm³/mol. The Balaban J connectivity index is 1.52. The van der Waals surface area contributed by atoms with E-state index in [0.717, 1.165) is 22.5 Å². The Morgan fingerprint density at radius 2 is 1.89 bits per heavy atom. The summed E-state index contributed by atoms with van der Waals surface area (Å²) in [6.07, 6.45) is 0.978. The number of nitrogens with one attached hydrogen (secondary N) is 1. The van der Waals surface area contributed by atoms with E-state index in [1.54, 1.807) is 24.0 Å². The molecule has 2 aliphatic rings. The van der Waals surface area contributed by atoms with E-state index in [9.17, 15) is 19.8 Å². The Labute approximate surface area is 210 Å². The number of anilines is 4. The number of carbonyl (C=O) groups is 2. The van der Waals surface area contributed by atoms with E-state index in [-0.39, 0.29) is 35.8 Å². The van der Waals surface area contributed by atoms with Crippen molar-refractivity contribution in [2.75, 3.05) is 28.2 Å². The highest BCUT2D eigenvalue weighted by Gasteiger charge is 2.35. The van der Waals surface area contributed by atoms with Crippen LogP contribution in [0.5, 0.6) is 0 Å². The Bertz CT molecular complexity index is 1370. The maximum Gasteiger partial charge on any atom is 0.347 e. The van der Waals surface area contributed by atoms with Crippen LogP contribution in [0.3, 0.4) is 0 Å². The number of aliphatic hydroxyl groups excluding tert-OH is 1. The largest absolute Gasteiger partial charge is 0.477 e. The van der Waals surface area contributed by atoms with Crippen LogP contribution in [0, 0.1) is 18.3 Å². The summed E-state index contributed by atoms with van der Waals surface area (Å²) in [5.74, 6) is 0.142. The number of aliphatic hydroxyl groups is 1. The van der Waals surface area contributed by atoms with E-state index in [1.807, 2.05) is 17.0 Å². The van der Waals surface area contributed by atoms with Crippen molar-refractivity contribution in [3.8, 4) is 6.07 Å². The molecule has 0 radical (unpaired) electrons. The van der Waals surface area contributed by atoms with Crippen molar-refractivity contribution in [1.82, 2.24) is 15.0 Å². The number of rotatable bonds is 6. The summed E-state index contributed by atoms with van der Waals surface area (Å²) in [5, 5.41) is 31.8. The van der Waals surface area contributed by atoms with Crippen molar-refractivity contribution in [1.29, 1.82) is 5.26 Å². The number of aryl methyl sites for hydroxylation is 1. The average Bonchev–Trinajstić information content (AvgIpc) is 3.38. The predicted octanol–water partition coefficient (Wildman–Crippen LogP) is 2.61. The number of thiazole rings is 1. The quantitative estimate of drug-likeness (QED) is 0.455. The molecule has 4 heterocycles. The number of carboxylic acids is 1. The number of carbonyl (C=O) groups excluding carboxylic acids is 1. The van der Waals surface area contributed by atoms with Gasteiger partial charge in [-0.2, -0.15) is 15.2 Å². The minimum absolute atomic E-state index is 0.114. The van der Waals surface area contributed by atoms with Crippen molar-refractivity contribution in [2.24, 2.45) is 0 Å². The van der Waals surface area contributed by atoms with Gasteiger partial charge in [-0.05, 0) is 37.5 Å². The van der Waals surface area contributed by atoms with Crippen LogP contribution in [0.25, 0.3) is 0 Å². The molecule has 5 rings (SSSR count). The van der Waals surface area contributed by atoms with E-state index < -0.39 is 5.97 Å². The molecule has 2 aromatic heterocycles. The fraction of sp³-hybridized carbons (Fsp3) is 0.333. The Morgan fingerprint density at radius 1 is 1.19 bits per heavy atom. The molecule has 3 aromatic rings. The van der Waals surface area contributed by atoms with Gasteiger partial charge in [-0.1, -0.05) is 23.5 Å². The highest BCUT2D eigenvalue weighted by atomic mass is 32.1. The van der Waals surface area contributed by atoms with E-state index in [0.29, 0.717) is 54.0 Å². The van der Waals surface area contributed by atoms with Crippen LogP contribution in [0.15, 0.2) is 24.3 Å². The zero-order valence-electron chi connectivity index (χ0n) is 19.4. The molecular weight excluding hydrogens is 482 g/mol. The van der Waals surface area contributed by atoms with E-state index in [4.69, 9.17) is 10.2 Å². The van der Waals surface area contributed by atoms with Crippen molar-refractivity contribution in [2.45, 2.75) is 38.8 Å². The standard InChI is InChI=1S/C24H23N7O4S/c1-13-19(22(34)35)36-24(26-13)29-23-27-20(30-8-6-16(32)7-9-30)17-10-18(33)31(21(17)28-23)12-15-4-2-14(11-25)3-5-15/h2-5,16,32H,6-10,12H2,1H3,(H,34,35)(H,26,27,28,29). The molecule has 0 aliphatic carbocycles. The monoisotopic (exact) mass is 505 g/mol. The lowest BCUT2D eigenvalue weighted by molar-refractivity contribution is -0.117. The third-order valence-electron chi connectivity index (χ3n) is 6.25. The molecule has 1 aromatic carbocycles. The van der Waals surface area contributed by atoms with Gasteiger partial charge in [0.15, 0.2) is 5.13 Å². The first-order valence-electron chi connectivity index (χ1n) is 11.4. The lowest BCUT2D eigenvalue weighted by Crippen LogP contribution is -2.37. The number of amides is 1. The molecule has 0 saturated carbocycles. The van der Waals surface area contributed by atoms with Crippen molar-refractivity contribution >= 4 is 45.9 Å². The van der Waals surface area contributed by atoms with Gasteiger partial charge in [-0.25, -0.2) is 9.78 Å². The second kappa shape index (κ2) is 9.52. The zero-order valence-corrected chi connectivity index (χ0v) is 20.2. The van der Waals surface area contributed by atoms with Crippen molar-refractivity contribution in [3.63, 3.8) is 0 Å². The molecule has 12 heteroatoms. The third-order valence-corrected chi connectivity index (χ3v) is 7.31. The topological polar surface area (TPSA) is 156 Å². The van der Waals surface area contributed by atoms with Crippen LogP contribution in [0.2, 0.25) is 0 Å². The molecule has 1 fully saturated rings. The first-order valence-corrected chi connectivity index (χ1v) is 12.2. The summed E-state index contributed by atoms with van der Waals surface area (Å²) < 4.78 is 0. The fourth-order valence-electron chi connectivity index (χ4n) is 4.38. The Morgan fingerprint density at radius 3 is 2.53 bits per heavy atom. The smallest absolute Gasteiger partial charge is 0.347 e. The summed E-state index contributed by atoms with van der Waals surface area (Å²) in [7, 11) is 0. The molecule has 2 aliphatic heterocycles. The number of piperidine rings is 1. The average molecular weight is 506 g/mol. The van der Waals surface area contributed by atoms with Crippen LogP contribution >= 0.6 is 11.3 Å². The molecule has 184 valence electrons. The number of aromatic nitrogens is 3. The highest BCUT2D eigenvalue weighted by molar-refractivity contribution is 7.17. The van der Waals surface area contributed by atoms with Crippen LogP contribution in [-0.2, 0) is 17.8 Å². The van der Waals surface area contributed by atoms with E-state index >= 15 is 0 Å². The molecule has 0 spiro atoms. The molecule has 0 bridgehead atoms. The van der Waals surface area contributed by atoms with Gasteiger partial charge >= 0.3 is 5.97 Å². The third kappa shape index (κ3) is 4.58. The minimum atomic E-state index is -1.06. The number of hydrogen-bond donors (Lipinski definition) is 3. The van der Waals surface area contributed by atoms with Crippen molar-refractivity contribution < 1.29 is 19.8 Å². The first kappa shape index (κ1) is 23.7. The number of fused-ring (bicyclic) bond motifs is 1. The van der Waals surface area contributed by atoms with E-state index in [2.05, 4.69) is 21.4 Å². The number of hydrogen-bond acceptors (Lipinski definition) is 10. The molecule has 11 nitrogen and oxygen atoms in total. The van der Waals surface area contributed by atoms with Crippen LogP contribution < -0.4 is 15.1 Å². The molecule has 36 heavy (non-hydrogen) atoms. The summed E-state index contributed by atoms with van der Waals surface area (Å²) >= 11 is 0.990. The second-order valence-electron chi connectivity index (χ2n) is 8.72. The maximum absolute atomic E-state index is 13.1. The van der Waals surface area contributed by atoms with Crippen LogP contribution in [0.4, 0.5) is 22.7 Å². The zero-order chi connectivity index (χ0) is 25.4. The number of aromatic carboxylic acids is 1.